The van der Waals surface area contributed by atoms with Crippen LogP contribution in [0.3, 0.4) is 0 Å². The van der Waals surface area contributed by atoms with Crippen LogP contribution in [0.5, 0.6) is 17.2 Å². The number of aliphatic hydroxyl groups excluding tert-OH is 4. The largest absolute Gasteiger partial charge is 0.482 e. The number of nitrogens with one attached hydrogen (secondary N) is 1. The number of allylic oxidation sites excluding steroid dienone is 5. The van der Waals surface area contributed by atoms with Crippen molar-refractivity contribution in [3.8, 4) is 23.3 Å². The maximum atomic E-state index is 15.1. The molecular formula is C48H61N3O12. The van der Waals surface area contributed by atoms with Gasteiger partial charge in [0, 0.05) is 40.9 Å². The van der Waals surface area contributed by atoms with E-state index in [0.29, 0.717) is 41.0 Å². The van der Waals surface area contributed by atoms with Crippen molar-refractivity contribution in [2.24, 2.45) is 29.4 Å². The summed E-state index contributed by atoms with van der Waals surface area (Å²) in [7, 11) is 1.24. The number of carbonyl (C=O) groups is 2. The fraction of sp³-hybridized carbons (Fsp3) is 0.562. The average molecular weight is 872 g/mol. The minimum absolute atomic E-state index is 0.0170. The van der Waals surface area contributed by atoms with Crippen LogP contribution in [0.15, 0.2) is 58.0 Å². The van der Waals surface area contributed by atoms with Crippen LogP contribution in [0.1, 0.15) is 97.8 Å². The first-order valence-electron chi connectivity index (χ1n) is 21.7. The molecule has 4 heterocycles. The van der Waals surface area contributed by atoms with Crippen molar-refractivity contribution in [1.82, 2.24) is 5.32 Å². The summed E-state index contributed by atoms with van der Waals surface area (Å²) < 4.78 is 32.2. The predicted molar refractivity (Wildman–Crippen MR) is 231 cm³/mol. The summed E-state index contributed by atoms with van der Waals surface area (Å²) in [5.41, 5.74) is 6.06. The van der Waals surface area contributed by atoms with Gasteiger partial charge in [0.25, 0.3) is 0 Å². The number of hydrogen-bond acceptors (Lipinski definition) is 15. The van der Waals surface area contributed by atoms with Crippen LogP contribution in [0, 0.1) is 35.0 Å². The van der Waals surface area contributed by atoms with Crippen LogP contribution in [0.25, 0.3) is 11.8 Å². The van der Waals surface area contributed by atoms with Crippen LogP contribution in [0.2, 0.25) is 0 Å². The Balaban J connectivity index is 1.59. The maximum Gasteiger partial charge on any atom is 0.333 e. The second kappa shape index (κ2) is 16.9. The molecule has 1 aromatic rings. The number of ether oxygens (including phenoxy) is 5. The van der Waals surface area contributed by atoms with Gasteiger partial charge in [0.1, 0.15) is 53.1 Å². The van der Waals surface area contributed by atoms with E-state index < -0.39 is 83.6 Å². The number of aliphatic hydroxyl groups is 5. The first-order chi connectivity index (χ1) is 29.7. The van der Waals surface area contributed by atoms with Gasteiger partial charge >= 0.3 is 5.97 Å². The molecule has 6 unspecified atom stereocenters. The third kappa shape index (κ3) is 7.29. The number of carbonyl (C=O) groups excluding carboxylic acids is 2. The van der Waals surface area contributed by atoms with Crippen molar-refractivity contribution >= 4 is 23.5 Å². The smallest absolute Gasteiger partial charge is 0.333 e. The first kappa shape index (κ1) is 46.1. The molecule has 3 aliphatic carbocycles. The number of Topliss-reactive ketones (excluding diaryl/α,β-unsaturated/α-hetero) is 1. The van der Waals surface area contributed by atoms with E-state index in [1.807, 2.05) is 66.7 Å². The Hall–Kier alpha value is -4.95. The summed E-state index contributed by atoms with van der Waals surface area (Å²) in [5.74, 6) is -3.25. The first-order valence-corrected chi connectivity index (χ1v) is 21.7. The van der Waals surface area contributed by atoms with E-state index in [1.54, 1.807) is 0 Å². The third-order valence-corrected chi connectivity index (χ3v) is 13.7. The maximum absolute atomic E-state index is 15.1. The van der Waals surface area contributed by atoms with E-state index >= 15 is 4.79 Å². The zero-order valence-electron chi connectivity index (χ0n) is 37.4. The van der Waals surface area contributed by atoms with Crippen molar-refractivity contribution < 1.29 is 58.8 Å². The number of hydrogen-bond donors (Lipinski definition) is 7. The SMILES string of the molecule is COC(=O)/C(C)=C\CC1(O)C(=O)C2CC(C(C)C)C13Oc1c(CC=C(C)C)c4c(c(O[C@@H]5O[C@H](CO)[C@@H](O)[C@H](O)[C@H]5O)c1C1=C3C2C(C#N)=C(N)N1)C=CC(C)(CCC=C(C)C)O4. The highest BCUT2D eigenvalue weighted by molar-refractivity contribution is 6.01. The van der Waals surface area contributed by atoms with Crippen LogP contribution in [-0.4, -0.2) is 98.5 Å². The van der Waals surface area contributed by atoms with Crippen molar-refractivity contribution in [3.05, 3.63) is 74.7 Å². The Bertz CT molecular complexity index is 2310. The molecule has 63 heavy (non-hydrogen) atoms. The van der Waals surface area contributed by atoms with Gasteiger partial charge in [-0.1, -0.05) is 43.2 Å². The van der Waals surface area contributed by atoms with Gasteiger partial charge in [0.15, 0.2) is 17.0 Å². The van der Waals surface area contributed by atoms with E-state index in [0.717, 1.165) is 11.1 Å². The number of benzene rings is 1. The number of dihydropyridines is 1. The van der Waals surface area contributed by atoms with Crippen molar-refractivity contribution in [2.75, 3.05) is 13.7 Å². The summed E-state index contributed by atoms with van der Waals surface area (Å²) in [6.07, 6.45) is 2.60. The number of ketones is 1. The van der Waals surface area contributed by atoms with E-state index in [4.69, 9.17) is 29.4 Å². The number of esters is 1. The van der Waals surface area contributed by atoms with Crippen molar-refractivity contribution in [3.63, 3.8) is 0 Å². The van der Waals surface area contributed by atoms with Gasteiger partial charge in [0.2, 0.25) is 6.29 Å². The minimum atomic E-state index is -2.30. The summed E-state index contributed by atoms with van der Waals surface area (Å²) in [4.78, 5) is 27.8. The molecule has 0 amide bonds. The zero-order chi connectivity index (χ0) is 46.1. The monoisotopic (exact) mass is 871 g/mol. The fourth-order valence-electron chi connectivity index (χ4n) is 10.4. The number of nitriles is 1. The van der Waals surface area contributed by atoms with Crippen LogP contribution in [-0.2, 0) is 25.5 Å². The third-order valence-electron chi connectivity index (χ3n) is 13.7. The highest BCUT2D eigenvalue weighted by atomic mass is 16.7. The molecule has 340 valence electrons. The molecule has 15 nitrogen and oxygen atoms in total. The van der Waals surface area contributed by atoms with E-state index in [-0.39, 0.29) is 59.2 Å². The molecule has 15 heteroatoms. The number of nitrogens with two attached hydrogens (primary N) is 1. The van der Waals surface area contributed by atoms with Crippen LogP contribution in [0.4, 0.5) is 0 Å². The zero-order valence-corrected chi connectivity index (χ0v) is 37.4. The molecular weight excluding hydrogens is 811 g/mol. The molecule has 0 radical (unpaired) electrons. The molecule has 3 saturated carbocycles. The lowest BCUT2D eigenvalue weighted by Crippen LogP contribution is -2.78. The Kier molecular flexibility index (Phi) is 12.3. The predicted octanol–water partition coefficient (Wildman–Crippen LogP) is 4.16. The number of methoxy groups -OCH3 is 1. The topological polar surface area (TPSA) is 243 Å². The molecule has 11 atom stereocenters. The molecule has 2 bridgehead atoms. The Morgan fingerprint density at radius 1 is 1.06 bits per heavy atom. The summed E-state index contributed by atoms with van der Waals surface area (Å²) in [6.45, 7) is 14.7. The van der Waals surface area contributed by atoms with Crippen LogP contribution >= 0.6 is 0 Å². The van der Waals surface area contributed by atoms with Gasteiger partial charge in [-0.15, -0.1) is 0 Å². The van der Waals surface area contributed by atoms with Gasteiger partial charge in [-0.05, 0) is 85.3 Å². The Labute approximate surface area is 368 Å². The average Bonchev–Trinajstić information content (AvgIpc) is 3.23. The van der Waals surface area contributed by atoms with Gasteiger partial charge < -0.3 is 60.3 Å². The van der Waals surface area contributed by atoms with Gasteiger partial charge in [-0.25, -0.2) is 4.79 Å². The molecule has 1 saturated heterocycles. The Morgan fingerprint density at radius 2 is 1.76 bits per heavy atom. The second-order valence-corrected chi connectivity index (χ2v) is 18.8. The highest BCUT2D eigenvalue weighted by Crippen LogP contribution is 2.69. The molecule has 8 rings (SSSR count). The van der Waals surface area contributed by atoms with E-state index in [1.165, 1.54) is 20.1 Å². The van der Waals surface area contributed by atoms with Gasteiger partial charge in [0.05, 0.1) is 42.2 Å². The van der Waals surface area contributed by atoms with E-state index in [9.17, 15) is 35.6 Å². The van der Waals surface area contributed by atoms with Crippen LogP contribution < -0.4 is 25.3 Å². The summed E-state index contributed by atoms with van der Waals surface area (Å²) >= 11 is 0. The summed E-state index contributed by atoms with van der Waals surface area (Å²) in [6, 6.07) is 2.24. The van der Waals surface area contributed by atoms with Crippen molar-refractivity contribution in [2.45, 2.75) is 135 Å². The molecule has 4 fully saturated rings. The lowest BCUT2D eigenvalue weighted by molar-refractivity contribution is -0.277. The molecule has 1 spiro atoms. The molecule has 4 aliphatic heterocycles. The molecule has 0 aromatic heterocycles. The number of nitrogens with zero attached hydrogens (tertiary/aromatic N) is 1. The number of fused-ring (bicyclic) bond motifs is 5. The lowest BCUT2D eigenvalue weighted by Gasteiger charge is -2.65. The minimum Gasteiger partial charge on any atom is -0.482 e. The van der Waals surface area contributed by atoms with E-state index in [2.05, 4.69) is 17.5 Å². The van der Waals surface area contributed by atoms with Crippen molar-refractivity contribution in [1.29, 1.82) is 5.26 Å². The summed E-state index contributed by atoms with van der Waals surface area (Å²) in [5, 5.41) is 70.6. The lowest BCUT2D eigenvalue weighted by atomic mass is 9.43. The standard InChI is InChI=1S/C48H61N3O12/c1-22(2)11-10-16-46(8)17-15-27-39(62-46)26(13-12-23(3)4)41-33(40(27)61-45-38(55)37(54)36(53)31(21-52)60-45)35-34-32(29(20-49)43(50)51-35)28-19-30(24(5)6)48(34,63-41)47(58,42(28)56)18-14-25(7)44(57)59-9/h11-12,14-15,17,24,28,30-32,36-38,45,51-55,58H,10,13,16,18-19,21,50H2,1-9H3/b25-14-/t28?,30?,31-,32?,36-,37+,38-,45+,46?,47?,48?/m1/s1. The molecule has 1 aromatic carbocycles. The Morgan fingerprint density at radius 3 is 2.38 bits per heavy atom. The quantitative estimate of drug-likeness (QED) is 0.0887. The van der Waals surface area contributed by atoms with Gasteiger partial charge in [-0.3, -0.25) is 4.79 Å². The number of rotatable bonds is 12. The normalized spacial score (nSPS) is 33.9. The highest BCUT2D eigenvalue weighted by Gasteiger charge is 2.76. The molecule has 7 aliphatic rings. The fourth-order valence-corrected chi connectivity index (χ4v) is 10.4. The molecule has 8 N–H and O–H groups in total. The second-order valence-electron chi connectivity index (χ2n) is 18.8. The van der Waals surface area contributed by atoms with Gasteiger partial charge in [-0.2, -0.15) is 5.26 Å².